The van der Waals surface area contributed by atoms with E-state index in [4.69, 9.17) is 4.42 Å². The second-order valence-corrected chi connectivity index (χ2v) is 10.6. The van der Waals surface area contributed by atoms with E-state index in [1.165, 1.54) is 21.9 Å². The molecule has 0 radical (unpaired) electrons. The van der Waals surface area contributed by atoms with Crippen molar-refractivity contribution in [2.45, 2.75) is 0 Å². The van der Waals surface area contributed by atoms with Crippen LogP contribution >= 0.6 is 0 Å². The number of hydrogen-bond donors (Lipinski definition) is 0. The van der Waals surface area contributed by atoms with Crippen molar-refractivity contribution in [3.05, 3.63) is 164 Å². The fourth-order valence-electron chi connectivity index (χ4n) is 6.10. The molecule has 0 unspecified atom stereocenters. The molecule has 1 aromatic heterocycles. The predicted molar refractivity (Wildman–Crippen MR) is 177 cm³/mol. The first kappa shape index (κ1) is 24.2. The van der Waals surface area contributed by atoms with Gasteiger partial charge < -0.3 is 9.32 Å². The second kappa shape index (κ2) is 10.1. The zero-order chi connectivity index (χ0) is 27.9. The van der Waals surface area contributed by atoms with Crippen molar-refractivity contribution in [3.63, 3.8) is 0 Å². The standard InChI is InChI=1S/C40H27NO/c1-4-13-28(14-5-1)29-23-25-30(26-24-29)35-27-31-15-10-11-20-34(31)38-39-36(21-12-22-37(39)42-40(35)38)41(32-16-6-2-7-17-32)33-18-8-3-9-19-33/h1-27H. The third kappa shape index (κ3) is 4.05. The van der Waals surface area contributed by atoms with Crippen LogP contribution in [-0.2, 0) is 0 Å². The van der Waals surface area contributed by atoms with Crippen molar-refractivity contribution in [1.29, 1.82) is 0 Å². The molecule has 0 aliphatic carbocycles. The summed E-state index contributed by atoms with van der Waals surface area (Å²) in [6.07, 6.45) is 0. The normalized spacial score (nSPS) is 11.3. The molecule has 2 nitrogen and oxygen atoms in total. The number of nitrogens with zero attached hydrogens (tertiary/aromatic N) is 1. The Balaban J connectivity index is 1.41. The highest BCUT2D eigenvalue weighted by atomic mass is 16.3. The fraction of sp³-hybridized carbons (Fsp3) is 0. The van der Waals surface area contributed by atoms with Gasteiger partial charge in [0.15, 0.2) is 0 Å². The van der Waals surface area contributed by atoms with Crippen LogP contribution in [0.5, 0.6) is 0 Å². The van der Waals surface area contributed by atoms with Crippen LogP contribution in [0.15, 0.2) is 168 Å². The van der Waals surface area contributed by atoms with Gasteiger partial charge in [0.2, 0.25) is 0 Å². The summed E-state index contributed by atoms with van der Waals surface area (Å²) in [5.41, 5.74) is 9.70. The van der Waals surface area contributed by atoms with E-state index in [0.29, 0.717) is 0 Å². The Bertz CT molecular complexity index is 2120. The molecule has 0 fully saturated rings. The van der Waals surface area contributed by atoms with Crippen LogP contribution in [0.4, 0.5) is 17.1 Å². The SMILES string of the molecule is c1ccc(-c2ccc(-c3cc4ccccc4c4c3oc3cccc(N(c5ccccc5)c5ccccc5)c34)cc2)cc1. The molecular formula is C40H27NO. The predicted octanol–water partition coefficient (Wildman–Crippen LogP) is 11.5. The molecule has 0 atom stereocenters. The molecule has 7 aromatic carbocycles. The van der Waals surface area contributed by atoms with Crippen molar-refractivity contribution in [3.8, 4) is 22.3 Å². The van der Waals surface area contributed by atoms with E-state index in [0.717, 1.165) is 50.1 Å². The number of fused-ring (bicyclic) bond motifs is 5. The van der Waals surface area contributed by atoms with Crippen LogP contribution in [0.25, 0.3) is 55.0 Å². The average Bonchev–Trinajstić information content (AvgIpc) is 3.47. The molecule has 198 valence electrons. The van der Waals surface area contributed by atoms with Gasteiger partial charge in [-0.25, -0.2) is 0 Å². The van der Waals surface area contributed by atoms with E-state index in [1.54, 1.807) is 0 Å². The minimum atomic E-state index is 0.873. The third-order valence-corrected chi connectivity index (χ3v) is 8.04. The molecule has 0 bridgehead atoms. The summed E-state index contributed by atoms with van der Waals surface area (Å²) < 4.78 is 6.80. The summed E-state index contributed by atoms with van der Waals surface area (Å²) in [7, 11) is 0. The summed E-state index contributed by atoms with van der Waals surface area (Å²) in [5, 5.41) is 4.62. The quantitative estimate of drug-likeness (QED) is 0.217. The number of hydrogen-bond acceptors (Lipinski definition) is 2. The van der Waals surface area contributed by atoms with Crippen LogP contribution in [0, 0.1) is 0 Å². The van der Waals surface area contributed by atoms with Gasteiger partial charge in [-0.05, 0) is 69.9 Å². The van der Waals surface area contributed by atoms with E-state index < -0.39 is 0 Å². The Morgan fingerprint density at radius 2 is 1.00 bits per heavy atom. The first-order valence-corrected chi connectivity index (χ1v) is 14.3. The molecule has 0 spiro atoms. The minimum Gasteiger partial charge on any atom is -0.455 e. The lowest BCUT2D eigenvalue weighted by atomic mass is 9.94. The van der Waals surface area contributed by atoms with E-state index in [2.05, 4.69) is 169 Å². The molecule has 0 aliphatic rings. The zero-order valence-electron chi connectivity index (χ0n) is 22.9. The van der Waals surface area contributed by atoms with Crippen molar-refractivity contribution in [2.24, 2.45) is 0 Å². The highest BCUT2D eigenvalue weighted by molar-refractivity contribution is 6.26. The van der Waals surface area contributed by atoms with Gasteiger partial charge in [-0.1, -0.05) is 121 Å². The number of para-hydroxylation sites is 2. The van der Waals surface area contributed by atoms with E-state index in [-0.39, 0.29) is 0 Å². The summed E-state index contributed by atoms with van der Waals surface area (Å²) in [6, 6.07) is 57.7. The maximum absolute atomic E-state index is 6.80. The summed E-state index contributed by atoms with van der Waals surface area (Å²) >= 11 is 0. The molecular weight excluding hydrogens is 510 g/mol. The molecule has 1 heterocycles. The summed E-state index contributed by atoms with van der Waals surface area (Å²) in [5.74, 6) is 0. The first-order chi connectivity index (χ1) is 20.8. The van der Waals surface area contributed by atoms with Gasteiger partial charge in [0.1, 0.15) is 11.2 Å². The number of benzene rings is 7. The van der Waals surface area contributed by atoms with Gasteiger partial charge in [0.25, 0.3) is 0 Å². The van der Waals surface area contributed by atoms with Crippen molar-refractivity contribution in [1.82, 2.24) is 0 Å². The molecule has 0 N–H and O–H groups in total. The molecule has 2 heteroatoms. The molecule has 8 rings (SSSR count). The van der Waals surface area contributed by atoms with Gasteiger partial charge in [-0.3, -0.25) is 0 Å². The average molecular weight is 538 g/mol. The summed E-state index contributed by atoms with van der Waals surface area (Å²) in [4.78, 5) is 2.33. The Hall–Kier alpha value is -5.60. The van der Waals surface area contributed by atoms with Crippen LogP contribution in [-0.4, -0.2) is 0 Å². The highest BCUT2D eigenvalue weighted by Gasteiger charge is 2.22. The molecule has 0 saturated carbocycles. The lowest BCUT2D eigenvalue weighted by Gasteiger charge is -2.26. The lowest BCUT2D eigenvalue weighted by Crippen LogP contribution is -2.09. The Morgan fingerprint density at radius 3 is 1.69 bits per heavy atom. The van der Waals surface area contributed by atoms with Crippen molar-refractivity contribution >= 4 is 49.8 Å². The van der Waals surface area contributed by atoms with Gasteiger partial charge in [-0.2, -0.15) is 0 Å². The first-order valence-electron chi connectivity index (χ1n) is 14.3. The topological polar surface area (TPSA) is 16.4 Å². The molecule has 8 aromatic rings. The maximum atomic E-state index is 6.80. The fourth-order valence-corrected chi connectivity index (χ4v) is 6.10. The zero-order valence-corrected chi connectivity index (χ0v) is 22.9. The largest absolute Gasteiger partial charge is 0.455 e. The van der Waals surface area contributed by atoms with Gasteiger partial charge >= 0.3 is 0 Å². The van der Waals surface area contributed by atoms with Crippen LogP contribution in [0.3, 0.4) is 0 Å². The van der Waals surface area contributed by atoms with Crippen LogP contribution in [0.1, 0.15) is 0 Å². The van der Waals surface area contributed by atoms with E-state index >= 15 is 0 Å². The molecule has 0 aliphatic heterocycles. The highest BCUT2D eigenvalue weighted by Crippen LogP contribution is 2.47. The number of furan rings is 1. The molecule has 0 saturated heterocycles. The van der Waals surface area contributed by atoms with Gasteiger partial charge in [-0.15, -0.1) is 0 Å². The van der Waals surface area contributed by atoms with Gasteiger partial charge in [0.05, 0.1) is 11.1 Å². The lowest BCUT2D eigenvalue weighted by molar-refractivity contribution is 0.670. The van der Waals surface area contributed by atoms with Crippen LogP contribution < -0.4 is 4.90 Å². The number of anilines is 3. The monoisotopic (exact) mass is 537 g/mol. The van der Waals surface area contributed by atoms with Crippen molar-refractivity contribution < 1.29 is 4.42 Å². The van der Waals surface area contributed by atoms with Crippen LogP contribution in [0.2, 0.25) is 0 Å². The van der Waals surface area contributed by atoms with E-state index in [9.17, 15) is 0 Å². The Labute approximate surface area is 244 Å². The van der Waals surface area contributed by atoms with Gasteiger partial charge in [0, 0.05) is 22.3 Å². The minimum absolute atomic E-state index is 0.873. The molecule has 0 amide bonds. The Kier molecular flexibility index (Phi) is 5.82. The van der Waals surface area contributed by atoms with Crippen molar-refractivity contribution in [2.75, 3.05) is 4.90 Å². The summed E-state index contributed by atoms with van der Waals surface area (Å²) in [6.45, 7) is 0. The van der Waals surface area contributed by atoms with E-state index in [1.807, 2.05) is 0 Å². The Morgan fingerprint density at radius 1 is 0.429 bits per heavy atom. The smallest absolute Gasteiger partial charge is 0.143 e. The maximum Gasteiger partial charge on any atom is 0.143 e. The second-order valence-electron chi connectivity index (χ2n) is 10.6. The number of rotatable bonds is 5. The molecule has 42 heavy (non-hydrogen) atoms. The third-order valence-electron chi connectivity index (χ3n) is 8.04.